The van der Waals surface area contributed by atoms with Crippen molar-refractivity contribution in [1.29, 1.82) is 0 Å². The topological polar surface area (TPSA) is 72.4 Å². The number of non-ortho nitro benzene ring substituents is 1. The molecule has 0 aliphatic rings. The Balaban J connectivity index is 2.41. The van der Waals surface area contributed by atoms with Crippen LogP contribution in [0, 0.1) is 17.0 Å². The maximum absolute atomic E-state index is 10.7. The minimum atomic E-state index is -0.442. The van der Waals surface area contributed by atoms with Crippen molar-refractivity contribution in [2.45, 2.75) is 13.8 Å². The fraction of sp³-hybridized carbons (Fsp3) is 0.200. The molecule has 20 heavy (non-hydrogen) atoms. The number of hydrogen-bond acceptors (Lipinski definition) is 4. The molecule has 0 saturated heterocycles. The average molecular weight is 271 g/mol. The van der Waals surface area contributed by atoms with E-state index in [2.05, 4.69) is 0 Å². The fourth-order valence-electron chi connectivity index (χ4n) is 2.12. The molecule has 0 bridgehead atoms. The Bertz CT molecular complexity index is 624. The van der Waals surface area contributed by atoms with Gasteiger partial charge in [0, 0.05) is 24.4 Å². The van der Waals surface area contributed by atoms with Crippen molar-refractivity contribution in [1.82, 2.24) is 0 Å². The summed E-state index contributed by atoms with van der Waals surface area (Å²) in [7, 11) is 0. The highest BCUT2D eigenvalue weighted by atomic mass is 16.6. The van der Waals surface area contributed by atoms with Crippen LogP contribution in [0.4, 0.5) is 22.7 Å². The van der Waals surface area contributed by atoms with Crippen molar-refractivity contribution in [2.24, 2.45) is 0 Å². The Morgan fingerprint density at radius 2 is 1.85 bits per heavy atom. The summed E-state index contributed by atoms with van der Waals surface area (Å²) < 4.78 is 0. The number of nitrogens with two attached hydrogens (primary N) is 1. The molecule has 0 amide bonds. The molecule has 0 atom stereocenters. The van der Waals surface area contributed by atoms with Gasteiger partial charge in [-0.1, -0.05) is 17.7 Å². The molecule has 5 nitrogen and oxygen atoms in total. The van der Waals surface area contributed by atoms with E-state index in [9.17, 15) is 10.1 Å². The molecule has 2 aromatic carbocycles. The Kier molecular flexibility index (Phi) is 3.89. The molecule has 2 aromatic rings. The predicted molar refractivity (Wildman–Crippen MR) is 81.4 cm³/mol. The first-order chi connectivity index (χ1) is 9.52. The molecule has 2 N–H and O–H groups in total. The van der Waals surface area contributed by atoms with Crippen LogP contribution >= 0.6 is 0 Å². The van der Waals surface area contributed by atoms with Crippen LogP contribution in [0.3, 0.4) is 0 Å². The highest BCUT2D eigenvalue weighted by molar-refractivity contribution is 5.76. The number of nitro benzene ring substituents is 1. The molecule has 0 aromatic heterocycles. The van der Waals surface area contributed by atoms with Crippen LogP contribution in [0.15, 0.2) is 42.5 Å². The highest BCUT2D eigenvalue weighted by Crippen LogP contribution is 2.32. The second kappa shape index (κ2) is 5.61. The predicted octanol–water partition coefficient (Wildman–Crippen LogP) is 3.64. The van der Waals surface area contributed by atoms with Crippen LogP contribution in [0.1, 0.15) is 12.5 Å². The molecule has 0 aliphatic heterocycles. The summed E-state index contributed by atoms with van der Waals surface area (Å²) in [5, 5.41) is 10.7. The summed E-state index contributed by atoms with van der Waals surface area (Å²) >= 11 is 0. The van der Waals surface area contributed by atoms with Gasteiger partial charge in [-0.25, -0.2) is 0 Å². The number of benzene rings is 2. The highest BCUT2D eigenvalue weighted by Gasteiger charge is 2.14. The monoisotopic (exact) mass is 271 g/mol. The van der Waals surface area contributed by atoms with Gasteiger partial charge in [0.2, 0.25) is 0 Å². The van der Waals surface area contributed by atoms with E-state index < -0.39 is 4.92 Å². The van der Waals surface area contributed by atoms with Crippen molar-refractivity contribution in [3.8, 4) is 0 Å². The fourth-order valence-corrected chi connectivity index (χ4v) is 2.12. The minimum Gasteiger partial charge on any atom is -0.397 e. The number of rotatable bonds is 4. The van der Waals surface area contributed by atoms with Crippen molar-refractivity contribution in [3.63, 3.8) is 0 Å². The third kappa shape index (κ3) is 2.71. The van der Waals surface area contributed by atoms with E-state index in [1.807, 2.05) is 43.0 Å². The number of aryl methyl sites for hydroxylation is 1. The van der Waals surface area contributed by atoms with E-state index in [1.54, 1.807) is 6.07 Å². The lowest BCUT2D eigenvalue weighted by Gasteiger charge is -2.24. The Morgan fingerprint density at radius 3 is 2.35 bits per heavy atom. The molecule has 0 radical (unpaired) electrons. The van der Waals surface area contributed by atoms with E-state index in [1.165, 1.54) is 17.7 Å². The van der Waals surface area contributed by atoms with Gasteiger partial charge < -0.3 is 10.6 Å². The van der Waals surface area contributed by atoms with Gasteiger partial charge in [0.1, 0.15) is 0 Å². The maximum atomic E-state index is 10.7. The third-order valence-electron chi connectivity index (χ3n) is 3.17. The van der Waals surface area contributed by atoms with E-state index in [-0.39, 0.29) is 5.69 Å². The van der Waals surface area contributed by atoms with Crippen LogP contribution in [-0.2, 0) is 0 Å². The SMILES string of the molecule is CCN(c1ccc(C)cc1)c1ccc([N+](=O)[O-])cc1N. The number of nitro groups is 1. The molecule has 0 unspecified atom stereocenters. The summed E-state index contributed by atoms with van der Waals surface area (Å²) in [5.41, 5.74) is 9.34. The summed E-state index contributed by atoms with van der Waals surface area (Å²) in [6.45, 7) is 4.77. The average Bonchev–Trinajstić information content (AvgIpc) is 2.43. The zero-order valence-corrected chi connectivity index (χ0v) is 11.5. The Morgan fingerprint density at radius 1 is 1.20 bits per heavy atom. The second-order valence-corrected chi connectivity index (χ2v) is 4.58. The Hall–Kier alpha value is -2.56. The largest absolute Gasteiger partial charge is 0.397 e. The molecular formula is C15H17N3O2. The maximum Gasteiger partial charge on any atom is 0.271 e. The third-order valence-corrected chi connectivity index (χ3v) is 3.17. The van der Waals surface area contributed by atoms with Crippen molar-refractivity contribution in [2.75, 3.05) is 17.2 Å². The minimum absolute atomic E-state index is 0.00575. The van der Waals surface area contributed by atoms with Crippen molar-refractivity contribution >= 4 is 22.7 Å². The van der Waals surface area contributed by atoms with Gasteiger partial charge in [0.25, 0.3) is 5.69 Å². The molecule has 0 heterocycles. The number of hydrogen-bond donors (Lipinski definition) is 1. The van der Waals surface area contributed by atoms with Crippen molar-refractivity contribution in [3.05, 3.63) is 58.1 Å². The number of nitrogens with zero attached hydrogens (tertiary/aromatic N) is 2. The van der Waals surface area contributed by atoms with Gasteiger partial charge in [-0.2, -0.15) is 0 Å². The van der Waals surface area contributed by atoms with E-state index in [0.29, 0.717) is 5.69 Å². The first kappa shape index (κ1) is 13.9. The number of nitrogen functional groups attached to an aromatic ring is 1. The molecule has 0 saturated carbocycles. The smallest absolute Gasteiger partial charge is 0.271 e. The molecular weight excluding hydrogens is 254 g/mol. The zero-order chi connectivity index (χ0) is 14.7. The van der Waals surface area contributed by atoms with Gasteiger partial charge in [-0.3, -0.25) is 10.1 Å². The lowest BCUT2D eigenvalue weighted by molar-refractivity contribution is -0.384. The van der Waals surface area contributed by atoms with Gasteiger partial charge in [0.15, 0.2) is 0 Å². The molecule has 104 valence electrons. The van der Waals surface area contributed by atoms with Crippen LogP contribution in [0.25, 0.3) is 0 Å². The van der Waals surface area contributed by atoms with Gasteiger partial charge in [0.05, 0.1) is 16.3 Å². The molecule has 0 fully saturated rings. The van der Waals surface area contributed by atoms with Crippen LogP contribution in [0.2, 0.25) is 0 Å². The summed E-state index contributed by atoms with van der Waals surface area (Å²) in [4.78, 5) is 12.3. The molecule has 0 spiro atoms. The second-order valence-electron chi connectivity index (χ2n) is 4.58. The summed E-state index contributed by atoms with van der Waals surface area (Å²) in [6, 6.07) is 12.6. The van der Waals surface area contributed by atoms with E-state index in [0.717, 1.165) is 17.9 Å². The number of anilines is 3. The molecule has 5 heteroatoms. The van der Waals surface area contributed by atoms with Crippen LogP contribution < -0.4 is 10.6 Å². The summed E-state index contributed by atoms with van der Waals surface area (Å²) in [6.07, 6.45) is 0. The van der Waals surface area contributed by atoms with Crippen LogP contribution in [-0.4, -0.2) is 11.5 Å². The van der Waals surface area contributed by atoms with Gasteiger partial charge in [-0.05, 0) is 32.0 Å². The molecule has 2 rings (SSSR count). The lowest BCUT2D eigenvalue weighted by Crippen LogP contribution is -2.17. The zero-order valence-electron chi connectivity index (χ0n) is 11.5. The van der Waals surface area contributed by atoms with Crippen molar-refractivity contribution < 1.29 is 4.92 Å². The van der Waals surface area contributed by atoms with Crippen LogP contribution in [0.5, 0.6) is 0 Å². The van der Waals surface area contributed by atoms with E-state index in [4.69, 9.17) is 5.73 Å². The van der Waals surface area contributed by atoms with Gasteiger partial charge in [-0.15, -0.1) is 0 Å². The lowest BCUT2D eigenvalue weighted by atomic mass is 10.1. The first-order valence-corrected chi connectivity index (χ1v) is 6.41. The van der Waals surface area contributed by atoms with E-state index >= 15 is 0 Å². The Labute approximate surface area is 117 Å². The quantitative estimate of drug-likeness (QED) is 0.523. The van der Waals surface area contributed by atoms with Gasteiger partial charge >= 0.3 is 0 Å². The first-order valence-electron chi connectivity index (χ1n) is 6.41. The summed E-state index contributed by atoms with van der Waals surface area (Å²) in [5.74, 6) is 0. The normalized spacial score (nSPS) is 10.3. The molecule has 0 aliphatic carbocycles. The standard InChI is InChI=1S/C15H17N3O2/c1-3-17(12-6-4-11(2)5-7-12)15-9-8-13(18(19)20)10-14(15)16/h4-10H,3,16H2,1-2H3.